The van der Waals surface area contributed by atoms with Gasteiger partial charge in [-0.15, -0.1) is 0 Å². The molecule has 0 radical (unpaired) electrons. The Morgan fingerprint density at radius 2 is 2.11 bits per heavy atom. The Bertz CT molecular complexity index is 450. The van der Waals surface area contributed by atoms with Crippen molar-refractivity contribution in [2.45, 2.75) is 45.2 Å². The van der Waals surface area contributed by atoms with Gasteiger partial charge >= 0.3 is 0 Å². The van der Waals surface area contributed by atoms with Gasteiger partial charge in [-0.2, -0.15) is 5.26 Å². The topological polar surface area (TPSA) is 35.8 Å². The van der Waals surface area contributed by atoms with E-state index in [0.29, 0.717) is 24.1 Å². The van der Waals surface area contributed by atoms with E-state index >= 15 is 0 Å². The Hall–Kier alpha value is -1.40. The average Bonchev–Trinajstić information content (AvgIpc) is 2.37. The van der Waals surface area contributed by atoms with Crippen molar-refractivity contribution in [1.29, 1.82) is 5.26 Å². The number of hydrogen-bond acceptors (Lipinski definition) is 2. The van der Waals surface area contributed by atoms with Gasteiger partial charge in [0.2, 0.25) is 0 Å². The summed E-state index contributed by atoms with van der Waals surface area (Å²) in [4.78, 5) is 0. The molecule has 2 rings (SSSR count). The van der Waals surface area contributed by atoms with Gasteiger partial charge < -0.3 is 5.32 Å². The summed E-state index contributed by atoms with van der Waals surface area (Å²) in [6.45, 7) is 2.91. The van der Waals surface area contributed by atoms with E-state index < -0.39 is 0 Å². The fourth-order valence-electron chi connectivity index (χ4n) is 2.69. The lowest BCUT2D eigenvalue weighted by Gasteiger charge is -2.29. The fraction of sp³-hybridized carbons (Fsp3) is 0.533. The van der Waals surface area contributed by atoms with Crippen molar-refractivity contribution in [3.63, 3.8) is 0 Å². The van der Waals surface area contributed by atoms with E-state index in [9.17, 15) is 4.39 Å². The standard InChI is InChI=1S/C15H19FN2/c1-11-4-2-3-5-15(11)18-10-13-6-12(9-17)7-14(16)8-13/h6-8,11,15,18H,2-5,10H2,1H3. The van der Waals surface area contributed by atoms with Crippen LogP contribution in [-0.2, 0) is 6.54 Å². The van der Waals surface area contributed by atoms with Gasteiger partial charge in [0.1, 0.15) is 5.82 Å². The summed E-state index contributed by atoms with van der Waals surface area (Å²) in [6.07, 6.45) is 5.05. The number of nitrogens with zero attached hydrogens (tertiary/aromatic N) is 1. The largest absolute Gasteiger partial charge is 0.310 e. The molecule has 96 valence electrons. The van der Waals surface area contributed by atoms with Crippen LogP contribution in [0.1, 0.15) is 43.7 Å². The van der Waals surface area contributed by atoms with Crippen LogP contribution in [0.4, 0.5) is 4.39 Å². The zero-order valence-corrected chi connectivity index (χ0v) is 10.7. The van der Waals surface area contributed by atoms with Crippen LogP contribution in [0, 0.1) is 23.1 Å². The molecule has 0 bridgehead atoms. The van der Waals surface area contributed by atoms with E-state index in [0.717, 1.165) is 5.56 Å². The molecule has 2 atom stereocenters. The van der Waals surface area contributed by atoms with Crippen LogP contribution in [0.3, 0.4) is 0 Å². The first-order valence-corrected chi connectivity index (χ1v) is 6.62. The fourth-order valence-corrected chi connectivity index (χ4v) is 2.69. The monoisotopic (exact) mass is 246 g/mol. The molecule has 0 spiro atoms. The summed E-state index contributed by atoms with van der Waals surface area (Å²) < 4.78 is 13.3. The third-order valence-corrected chi connectivity index (χ3v) is 3.77. The zero-order valence-electron chi connectivity index (χ0n) is 10.7. The number of rotatable bonds is 3. The second-order valence-corrected chi connectivity index (χ2v) is 5.21. The predicted octanol–water partition coefficient (Wildman–Crippen LogP) is 3.37. The van der Waals surface area contributed by atoms with Crippen LogP contribution >= 0.6 is 0 Å². The number of hydrogen-bond donors (Lipinski definition) is 1. The average molecular weight is 246 g/mol. The molecule has 0 saturated heterocycles. The number of benzene rings is 1. The summed E-state index contributed by atoms with van der Waals surface area (Å²) >= 11 is 0. The highest BCUT2D eigenvalue weighted by Gasteiger charge is 2.20. The van der Waals surface area contributed by atoms with Crippen molar-refractivity contribution in [3.05, 3.63) is 35.1 Å². The Morgan fingerprint density at radius 1 is 1.33 bits per heavy atom. The van der Waals surface area contributed by atoms with Crippen molar-refractivity contribution in [1.82, 2.24) is 5.32 Å². The predicted molar refractivity (Wildman–Crippen MR) is 69.4 cm³/mol. The molecule has 1 saturated carbocycles. The lowest BCUT2D eigenvalue weighted by atomic mass is 9.86. The molecule has 18 heavy (non-hydrogen) atoms. The van der Waals surface area contributed by atoms with Crippen LogP contribution in [0.5, 0.6) is 0 Å². The molecule has 3 heteroatoms. The van der Waals surface area contributed by atoms with Gasteiger partial charge in [0.25, 0.3) is 0 Å². The van der Waals surface area contributed by atoms with E-state index in [4.69, 9.17) is 5.26 Å². The first-order chi connectivity index (χ1) is 8.69. The van der Waals surface area contributed by atoms with Crippen molar-refractivity contribution >= 4 is 0 Å². The number of nitriles is 1. The quantitative estimate of drug-likeness (QED) is 0.887. The van der Waals surface area contributed by atoms with E-state index in [1.54, 1.807) is 6.07 Å². The van der Waals surface area contributed by atoms with Gasteiger partial charge in [-0.3, -0.25) is 0 Å². The van der Waals surface area contributed by atoms with Gasteiger partial charge in [-0.25, -0.2) is 4.39 Å². The van der Waals surface area contributed by atoms with Crippen molar-refractivity contribution in [2.24, 2.45) is 5.92 Å². The second-order valence-electron chi connectivity index (χ2n) is 5.21. The molecular formula is C15H19FN2. The minimum atomic E-state index is -0.331. The van der Waals surface area contributed by atoms with Gasteiger partial charge in [-0.1, -0.05) is 19.8 Å². The van der Waals surface area contributed by atoms with E-state index in [2.05, 4.69) is 12.2 Å². The first kappa shape index (κ1) is 13.0. The maximum atomic E-state index is 13.3. The van der Waals surface area contributed by atoms with Crippen LogP contribution in [-0.4, -0.2) is 6.04 Å². The molecule has 1 N–H and O–H groups in total. The first-order valence-electron chi connectivity index (χ1n) is 6.62. The Kier molecular flexibility index (Phi) is 4.33. The van der Waals surface area contributed by atoms with Crippen molar-refractivity contribution in [3.8, 4) is 6.07 Å². The summed E-state index contributed by atoms with van der Waals surface area (Å²) in [5.41, 5.74) is 1.24. The van der Waals surface area contributed by atoms with Crippen molar-refractivity contribution < 1.29 is 4.39 Å². The van der Waals surface area contributed by atoms with Gasteiger partial charge in [0.05, 0.1) is 11.6 Å². The zero-order chi connectivity index (χ0) is 13.0. The molecule has 1 aliphatic carbocycles. The van der Waals surface area contributed by atoms with E-state index in [1.165, 1.54) is 37.8 Å². The Labute approximate surface area is 108 Å². The molecule has 0 amide bonds. The molecule has 2 unspecified atom stereocenters. The lowest BCUT2D eigenvalue weighted by molar-refractivity contribution is 0.279. The Balaban J connectivity index is 1.97. The Morgan fingerprint density at radius 3 is 2.83 bits per heavy atom. The maximum absolute atomic E-state index is 13.3. The van der Waals surface area contributed by atoms with E-state index in [-0.39, 0.29) is 5.82 Å². The molecule has 1 fully saturated rings. The highest BCUT2D eigenvalue weighted by Crippen LogP contribution is 2.24. The molecule has 1 aromatic carbocycles. The summed E-state index contributed by atoms with van der Waals surface area (Å²) in [5.74, 6) is 0.352. The van der Waals surface area contributed by atoms with Crippen LogP contribution in [0.15, 0.2) is 18.2 Å². The minimum absolute atomic E-state index is 0.331. The van der Waals surface area contributed by atoms with Crippen molar-refractivity contribution in [2.75, 3.05) is 0 Å². The normalized spacial score (nSPS) is 23.6. The van der Waals surface area contributed by atoms with Gasteiger partial charge in [-0.05, 0) is 42.5 Å². The SMILES string of the molecule is CC1CCCCC1NCc1cc(F)cc(C#N)c1. The summed E-state index contributed by atoms with van der Waals surface area (Å²) in [7, 11) is 0. The third kappa shape index (κ3) is 3.30. The van der Waals surface area contributed by atoms with Crippen LogP contribution in [0.25, 0.3) is 0 Å². The number of halogens is 1. The summed E-state index contributed by atoms with van der Waals surface area (Å²) in [5, 5.41) is 12.3. The number of nitrogens with one attached hydrogen (secondary N) is 1. The van der Waals surface area contributed by atoms with E-state index in [1.807, 2.05) is 6.07 Å². The lowest BCUT2D eigenvalue weighted by Crippen LogP contribution is -2.36. The molecule has 0 aromatic heterocycles. The molecule has 0 aliphatic heterocycles. The smallest absolute Gasteiger partial charge is 0.124 e. The van der Waals surface area contributed by atoms with Gasteiger partial charge in [0, 0.05) is 12.6 Å². The molecule has 0 heterocycles. The molecular weight excluding hydrogens is 227 g/mol. The maximum Gasteiger partial charge on any atom is 0.124 e. The third-order valence-electron chi connectivity index (χ3n) is 3.77. The molecule has 2 nitrogen and oxygen atoms in total. The second kappa shape index (κ2) is 5.97. The highest BCUT2D eigenvalue weighted by molar-refractivity contribution is 5.33. The van der Waals surface area contributed by atoms with Crippen LogP contribution < -0.4 is 5.32 Å². The van der Waals surface area contributed by atoms with Gasteiger partial charge in [0.15, 0.2) is 0 Å². The van der Waals surface area contributed by atoms with Crippen LogP contribution in [0.2, 0.25) is 0 Å². The molecule has 1 aromatic rings. The summed E-state index contributed by atoms with van der Waals surface area (Å²) in [6, 6.07) is 7.03. The highest BCUT2D eigenvalue weighted by atomic mass is 19.1. The molecule has 1 aliphatic rings. The minimum Gasteiger partial charge on any atom is -0.310 e.